The molecular weight excluding hydrogens is 613 g/mol. The zero-order valence-electron chi connectivity index (χ0n) is 27.1. The molecule has 6 aromatic carbocycles. The number of hydrogen-bond donors (Lipinski definition) is 0. The summed E-state index contributed by atoms with van der Waals surface area (Å²) in [5, 5.41) is 4.57. The summed E-state index contributed by atoms with van der Waals surface area (Å²) in [5.41, 5.74) is 9.44. The molecule has 0 radical (unpaired) electrons. The lowest BCUT2D eigenvalue weighted by Gasteiger charge is -2.14. The van der Waals surface area contributed by atoms with E-state index in [2.05, 4.69) is 132 Å². The Hall–Kier alpha value is -6.59. The van der Waals surface area contributed by atoms with Gasteiger partial charge in [0.15, 0.2) is 11.6 Å². The van der Waals surface area contributed by atoms with Crippen LogP contribution in [-0.4, -0.2) is 19.5 Å². The van der Waals surface area contributed by atoms with Crippen LogP contribution < -0.4 is 10.6 Å². The van der Waals surface area contributed by atoms with Crippen molar-refractivity contribution >= 4 is 44.9 Å². The molecule has 0 spiro atoms. The molecule has 0 saturated heterocycles. The Kier molecular flexibility index (Phi) is 6.56. The topological polar surface area (TPSA) is 56.7 Å². The SMILES string of the molecule is C1=c2oc3ccc4c5ccccc5n(-c5cccc(-c6ccccc6)c5)c4c3c2=CC(c2nc(-c3ccccc3)nc(-c3ccccc3)n2)C1. The highest BCUT2D eigenvalue weighted by atomic mass is 16.3. The maximum Gasteiger partial charge on any atom is 0.163 e. The molecule has 1 aliphatic carbocycles. The lowest BCUT2D eigenvalue weighted by atomic mass is 9.97. The van der Waals surface area contributed by atoms with Crippen molar-refractivity contribution in [1.82, 2.24) is 19.5 Å². The third-order valence-electron chi connectivity index (χ3n) is 9.74. The van der Waals surface area contributed by atoms with E-state index in [1.54, 1.807) is 0 Å². The minimum Gasteiger partial charge on any atom is -0.456 e. The lowest BCUT2D eigenvalue weighted by Crippen LogP contribution is -2.26. The van der Waals surface area contributed by atoms with Crippen LogP contribution in [-0.2, 0) is 0 Å². The van der Waals surface area contributed by atoms with Crippen molar-refractivity contribution in [3.63, 3.8) is 0 Å². The van der Waals surface area contributed by atoms with Gasteiger partial charge in [-0.15, -0.1) is 0 Å². The number of fused-ring (bicyclic) bond motifs is 7. The van der Waals surface area contributed by atoms with Gasteiger partial charge in [-0.2, -0.15) is 0 Å². The summed E-state index contributed by atoms with van der Waals surface area (Å²) in [6.45, 7) is 0. The van der Waals surface area contributed by atoms with Crippen molar-refractivity contribution in [1.29, 1.82) is 0 Å². The Morgan fingerprint density at radius 1 is 0.560 bits per heavy atom. The fourth-order valence-corrected chi connectivity index (χ4v) is 7.40. The molecule has 0 fully saturated rings. The van der Waals surface area contributed by atoms with Gasteiger partial charge in [0.05, 0.1) is 16.4 Å². The quantitative estimate of drug-likeness (QED) is 0.188. The van der Waals surface area contributed by atoms with Gasteiger partial charge in [-0.1, -0.05) is 127 Å². The Bertz CT molecular complexity index is 2780. The zero-order valence-corrected chi connectivity index (χ0v) is 27.1. The highest BCUT2D eigenvalue weighted by Crippen LogP contribution is 2.37. The maximum atomic E-state index is 6.60. The Balaban J connectivity index is 1.22. The van der Waals surface area contributed by atoms with Gasteiger partial charge < -0.3 is 8.98 Å². The standard InChI is InChI=1S/C45H30N4O/c1-4-13-29(14-5-1)32-19-12-20-34(27-32)49-38-22-11-10-21-35(38)36-24-26-40-41(42(36)49)37-28-33(23-25-39(37)50-40)45-47-43(30-15-6-2-7-16-30)46-44(48-45)31-17-8-3-9-18-31/h1-22,24-28,33H,23H2. The molecule has 0 bridgehead atoms. The predicted molar refractivity (Wildman–Crippen MR) is 202 cm³/mol. The molecule has 50 heavy (non-hydrogen) atoms. The molecule has 0 N–H and O–H groups in total. The van der Waals surface area contributed by atoms with Crippen molar-refractivity contribution in [3.05, 3.63) is 168 Å². The molecular formula is C45H30N4O. The predicted octanol–water partition coefficient (Wildman–Crippen LogP) is 9.46. The van der Waals surface area contributed by atoms with Crippen LogP contribution in [0.25, 0.3) is 84.5 Å². The first kappa shape index (κ1) is 28.4. The van der Waals surface area contributed by atoms with Gasteiger partial charge in [0.2, 0.25) is 0 Å². The van der Waals surface area contributed by atoms with Crippen molar-refractivity contribution < 1.29 is 4.42 Å². The van der Waals surface area contributed by atoms with Crippen LogP contribution in [0.2, 0.25) is 0 Å². The van der Waals surface area contributed by atoms with Gasteiger partial charge in [-0.25, -0.2) is 15.0 Å². The highest BCUT2D eigenvalue weighted by Gasteiger charge is 2.23. The van der Waals surface area contributed by atoms with E-state index < -0.39 is 0 Å². The average molecular weight is 643 g/mol. The van der Waals surface area contributed by atoms with Gasteiger partial charge in [-0.3, -0.25) is 0 Å². The second-order valence-electron chi connectivity index (χ2n) is 12.8. The smallest absolute Gasteiger partial charge is 0.163 e. The zero-order chi connectivity index (χ0) is 33.0. The summed E-state index contributed by atoms with van der Waals surface area (Å²) in [6, 6.07) is 52.6. The second-order valence-corrected chi connectivity index (χ2v) is 12.8. The maximum absolute atomic E-state index is 6.60. The molecule has 3 aromatic heterocycles. The van der Waals surface area contributed by atoms with E-state index in [4.69, 9.17) is 19.4 Å². The van der Waals surface area contributed by atoms with Crippen LogP contribution in [0.5, 0.6) is 0 Å². The van der Waals surface area contributed by atoms with Crippen LogP contribution in [0.3, 0.4) is 0 Å². The van der Waals surface area contributed by atoms with Crippen molar-refractivity contribution in [2.75, 3.05) is 0 Å². The minimum atomic E-state index is -0.0642. The first-order chi connectivity index (χ1) is 24.8. The van der Waals surface area contributed by atoms with Crippen molar-refractivity contribution in [3.8, 4) is 39.6 Å². The molecule has 0 aliphatic heterocycles. The van der Waals surface area contributed by atoms with Gasteiger partial charge in [-0.05, 0) is 54.0 Å². The van der Waals surface area contributed by atoms with Crippen LogP contribution in [0.1, 0.15) is 18.2 Å². The number of hydrogen-bond acceptors (Lipinski definition) is 4. The van der Waals surface area contributed by atoms with Crippen LogP contribution >= 0.6 is 0 Å². The largest absolute Gasteiger partial charge is 0.456 e. The van der Waals surface area contributed by atoms with Crippen LogP contribution in [0.15, 0.2) is 156 Å². The number of nitrogens with zero attached hydrogens (tertiary/aromatic N) is 4. The average Bonchev–Trinajstić information content (AvgIpc) is 3.74. The molecule has 1 atom stereocenters. The van der Waals surface area contributed by atoms with E-state index in [1.165, 1.54) is 21.9 Å². The van der Waals surface area contributed by atoms with E-state index in [0.29, 0.717) is 11.6 Å². The monoisotopic (exact) mass is 642 g/mol. The summed E-state index contributed by atoms with van der Waals surface area (Å²) in [4.78, 5) is 15.1. The van der Waals surface area contributed by atoms with Crippen molar-refractivity contribution in [2.45, 2.75) is 12.3 Å². The van der Waals surface area contributed by atoms with E-state index in [-0.39, 0.29) is 5.92 Å². The van der Waals surface area contributed by atoms with E-state index in [1.807, 2.05) is 36.4 Å². The van der Waals surface area contributed by atoms with Gasteiger partial charge in [0, 0.05) is 38.7 Å². The van der Waals surface area contributed by atoms with Crippen LogP contribution in [0.4, 0.5) is 0 Å². The Morgan fingerprint density at radius 3 is 1.92 bits per heavy atom. The summed E-state index contributed by atoms with van der Waals surface area (Å²) >= 11 is 0. The number of furan rings is 1. The molecule has 9 aromatic rings. The third-order valence-corrected chi connectivity index (χ3v) is 9.74. The Morgan fingerprint density at radius 2 is 1.20 bits per heavy atom. The Labute approximate surface area is 288 Å². The molecule has 5 nitrogen and oxygen atoms in total. The summed E-state index contributed by atoms with van der Waals surface area (Å²) in [6.07, 6.45) is 5.23. The molecule has 0 amide bonds. The minimum absolute atomic E-state index is 0.0642. The molecule has 10 rings (SSSR count). The molecule has 236 valence electrons. The second kappa shape index (κ2) is 11.5. The van der Waals surface area contributed by atoms with Gasteiger partial charge in [0.1, 0.15) is 16.8 Å². The highest BCUT2D eigenvalue weighted by molar-refractivity contribution is 6.18. The summed E-state index contributed by atoms with van der Waals surface area (Å²) < 4.78 is 8.99. The van der Waals surface area contributed by atoms with Gasteiger partial charge >= 0.3 is 0 Å². The summed E-state index contributed by atoms with van der Waals surface area (Å²) in [5.74, 6) is 2.03. The van der Waals surface area contributed by atoms with E-state index >= 15 is 0 Å². The van der Waals surface area contributed by atoms with Gasteiger partial charge in [0.25, 0.3) is 0 Å². The molecule has 1 unspecified atom stereocenters. The molecule has 3 heterocycles. The number of para-hydroxylation sites is 1. The molecule has 1 aliphatic rings. The molecule has 0 saturated carbocycles. The van der Waals surface area contributed by atoms with Crippen LogP contribution in [0, 0.1) is 0 Å². The van der Waals surface area contributed by atoms with Crippen molar-refractivity contribution in [2.24, 2.45) is 0 Å². The number of benzene rings is 6. The lowest BCUT2D eigenvalue weighted by molar-refractivity contribution is 0.569. The normalized spacial score (nSPS) is 14.0. The number of aromatic nitrogens is 4. The first-order valence-corrected chi connectivity index (χ1v) is 17.0. The first-order valence-electron chi connectivity index (χ1n) is 17.0. The van der Waals surface area contributed by atoms with E-state index in [0.717, 1.165) is 61.7 Å². The summed E-state index contributed by atoms with van der Waals surface area (Å²) in [7, 11) is 0. The fraction of sp³-hybridized carbons (Fsp3) is 0.0444. The van der Waals surface area contributed by atoms with E-state index in [9.17, 15) is 0 Å². The third kappa shape index (κ3) is 4.66. The fourth-order valence-electron chi connectivity index (χ4n) is 7.40. The molecule has 5 heteroatoms. The number of rotatable bonds is 5.